The van der Waals surface area contributed by atoms with Crippen molar-refractivity contribution in [2.75, 3.05) is 18.5 Å². The molecule has 0 spiro atoms. The molecule has 1 N–H and O–H groups in total. The highest BCUT2D eigenvalue weighted by atomic mass is 16.7. The smallest absolute Gasteiger partial charge is 0.411 e. The molecule has 0 bridgehead atoms. The molecule has 138 valence electrons. The fraction of sp³-hybridized carbons (Fsp3) is 0.389. The van der Waals surface area contributed by atoms with Gasteiger partial charge in [0.1, 0.15) is 6.61 Å². The molecule has 8 heteroatoms. The third-order valence-corrected chi connectivity index (χ3v) is 3.96. The summed E-state index contributed by atoms with van der Waals surface area (Å²) in [5.74, 6) is 0.424. The zero-order valence-electron chi connectivity index (χ0n) is 14.6. The first-order valence-electron chi connectivity index (χ1n) is 8.37. The molecule has 0 saturated carbocycles. The highest BCUT2D eigenvalue weighted by Crippen LogP contribution is 2.20. The van der Waals surface area contributed by atoms with E-state index in [0.717, 1.165) is 0 Å². The number of carbonyl (C=O) groups is 1. The average molecular weight is 359 g/mol. The zero-order valence-corrected chi connectivity index (χ0v) is 14.6. The van der Waals surface area contributed by atoms with Gasteiger partial charge in [0.15, 0.2) is 12.5 Å². The number of hydrogen-bond donors (Lipinski definition) is 1. The van der Waals surface area contributed by atoms with Crippen LogP contribution in [0.5, 0.6) is 0 Å². The molecule has 1 fully saturated rings. The summed E-state index contributed by atoms with van der Waals surface area (Å²) in [7, 11) is 0. The molecule has 3 rings (SSSR count). The minimum absolute atomic E-state index is 0.0819. The van der Waals surface area contributed by atoms with Crippen molar-refractivity contribution in [1.82, 2.24) is 9.55 Å². The van der Waals surface area contributed by atoms with E-state index in [-0.39, 0.29) is 13.2 Å². The summed E-state index contributed by atoms with van der Waals surface area (Å²) in [6.07, 6.45) is 1.06. The van der Waals surface area contributed by atoms with Gasteiger partial charge in [-0.3, -0.25) is 9.88 Å². The molecule has 8 nitrogen and oxygen atoms in total. The molecule has 1 aromatic carbocycles. The van der Waals surface area contributed by atoms with E-state index < -0.39 is 24.3 Å². The summed E-state index contributed by atoms with van der Waals surface area (Å²) in [5.41, 5.74) is 1.41. The molecule has 0 radical (unpaired) electrons. The minimum atomic E-state index is -0.735. The van der Waals surface area contributed by atoms with Crippen LogP contribution < -0.4 is 11.0 Å². The maximum atomic E-state index is 11.9. The first-order chi connectivity index (χ1) is 12.5. The number of aromatic nitrogens is 2. The van der Waals surface area contributed by atoms with Gasteiger partial charge < -0.3 is 14.2 Å². The van der Waals surface area contributed by atoms with E-state index in [9.17, 15) is 9.59 Å². The van der Waals surface area contributed by atoms with E-state index >= 15 is 0 Å². The van der Waals surface area contributed by atoms with Crippen molar-refractivity contribution in [2.45, 2.75) is 32.3 Å². The topological polar surface area (TPSA) is 91.7 Å². The van der Waals surface area contributed by atoms with Gasteiger partial charge in [-0.15, -0.1) is 0 Å². The van der Waals surface area contributed by atoms with E-state index in [2.05, 4.69) is 24.1 Å². The Morgan fingerprint density at radius 1 is 1.38 bits per heavy atom. The molecule has 1 aliphatic heterocycles. The third kappa shape index (κ3) is 4.47. The summed E-state index contributed by atoms with van der Waals surface area (Å²) in [4.78, 5) is 27.2. The Morgan fingerprint density at radius 3 is 2.85 bits per heavy atom. The molecular weight excluding hydrogens is 338 g/mol. The Kier molecular flexibility index (Phi) is 5.65. The molecule has 0 aliphatic carbocycles. The van der Waals surface area contributed by atoms with Crippen LogP contribution in [0, 0.1) is 0 Å². The minimum Gasteiger partial charge on any atom is -0.444 e. The SMILES string of the molecule is CC(C)c1ccc(NC(=O)OCC2OCC(n3cccnc3=O)O2)cc1. The van der Waals surface area contributed by atoms with Crippen molar-refractivity contribution in [3.63, 3.8) is 0 Å². The van der Waals surface area contributed by atoms with Gasteiger partial charge in [0, 0.05) is 18.1 Å². The molecule has 2 unspecified atom stereocenters. The van der Waals surface area contributed by atoms with Gasteiger partial charge in [0.2, 0.25) is 0 Å². The number of hydrogen-bond acceptors (Lipinski definition) is 6. The molecule has 2 atom stereocenters. The fourth-order valence-corrected chi connectivity index (χ4v) is 2.51. The number of amides is 1. The van der Waals surface area contributed by atoms with Crippen molar-refractivity contribution in [3.05, 3.63) is 58.8 Å². The van der Waals surface area contributed by atoms with E-state index in [4.69, 9.17) is 14.2 Å². The van der Waals surface area contributed by atoms with Gasteiger partial charge in [-0.25, -0.2) is 14.6 Å². The molecule has 2 heterocycles. The second kappa shape index (κ2) is 8.11. The highest BCUT2D eigenvalue weighted by Gasteiger charge is 2.29. The maximum Gasteiger partial charge on any atom is 0.411 e. The lowest BCUT2D eigenvalue weighted by Crippen LogP contribution is -2.28. The van der Waals surface area contributed by atoms with Gasteiger partial charge in [-0.2, -0.15) is 0 Å². The summed E-state index contributed by atoms with van der Waals surface area (Å²) in [6.45, 7) is 4.30. The fourth-order valence-electron chi connectivity index (χ4n) is 2.51. The molecular formula is C18H21N3O5. The molecule has 1 amide bonds. The van der Waals surface area contributed by atoms with Crippen LogP contribution in [0.1, 0.15) is 31.6 Å². The normalized spacial score (nSPS) is 19.5. The van der Waals surface area contributed by atoms with Crippen molar-refractivity contribution in [2.24, 2.45) is 0 Å². The summed E-state index contributed by atoms with van der Waals surface area (Å²) in [6, 6.07) is 9.19. The van der Waals surface area contributed by atoms with Crippen LogP contribution in [-0.4, -0.2) is 35.1 Å². The highest BCUT2D eigenvalue weighted by molar-refractivity contribution is 5.84. The summed E-state index contributed by atoms with van der Waals surface area (Å²) >= 11 is 0. The van der Waals surface area contributed by atoms with Crippen LogP contribution in [0.3, 0.4) is 0 Å². The van der Waals surface area contributed by atoms with Gasteiger partial charge in [0.05, 0.1) is 6.61 Å². The first kappa shape index (κ1) is 18.1. The van der Waals surface area contributed by atoms with E-state index in [0.29, 0.717) is 11.6 Å². The molecule has 1 aliphatic rings. The Hall–Kier alpha value is -2.71. The second-order valence-corrected chi connectivity index (χ2v) is 6.16. The number of nitrogens with one attached hydrogen (secondary N) is 1. The van der Waals surface area contributed by atoms with Crippen molar-refractivity contribution in [1.29, 1.82) is 0 Å². The van der Waals surface area contributed by atoms with Crippen LogP contribution in [0.2, 0.25) is 0 Å². The van der Waals surface area contributed by atoms with Gasteiger partial charge in [-0.1, -0.05) is 26.0 Å². The zero-order chi connectivity index (χ0) is 18.5. The van der Waals surface area contributed by atoms with Crippen LogP contribution in [0.15, 0.2) is 47.5 Å². The molecule has 2 aromatic rings. The molecule has 1 saturated heterocycles. The number of nitrogens with zero attached hydrogens (tertiary/aromatic N) is 2. The number of rotatable bonds is 5. The van der Waals surface area contributed by atoms with Crippen LogP contribution in [0.4, 0.5) is 10.5 Å². The summed E-state index contributed by atoms with van der Waals surface area (Å²) in [5, 5.41) is 2.65. The van der Waals surface area contributed by atoms with Crippen LogP contribution >= 0.6 is 0 Å². The molecule has 26 heavy (non-hydrogen) atoms. The average Bonchev–Trinajstić information content (AvgIpc) is 3.09. The Bertz CT molecular complexity index is 803. The lowest BCUT2D eigenvalue weighted by molar-refractivity contribution is -0.0998. The monoisotopic (exact) mass is 359 g/mol. The number of carbonyl (C=O) groups excluding carboxylic acids is 1. The number of ether oxygens (including phenoxy) is 3. The third-order valence-electron chi connectivity index (χ3n) is 3.96. The van der Waals surface area contributed by atoms with Gasteiger partial charge in [0.25, 0.3) is 0 Å². The predicted octanol–water partition coefficient (Wildman–Crippen LogP) is 2.49. The Labute approximate surface area is 150 Å². The lowest BCUT2D eigenvalue weighted by Gasteiger charge is -2.13. The molecule has 1 aromatic heterocycles. The predicted molar refractivity (Wildman–Crippen MR) is 93.9 cm³/mol. The largest absolute Gasteiger partial charge is 0.444 e. The first-order valence-corrected chi connectivity index (χ1v) is 8.37. The van der Waals surface area contributed by atoms with Crippen molar-refractivity contribution < 1.29 is 19.0 Å². The van der Waals surface area contributed by atoms with Gasteiger partial charge in [-0.05, 0) is 29.7 Å². The van der Waals surface area contributed by atoms with Crippen molar-refractivity contribution in [3.8, 4) is 0 Å². The van der Waals surface area contributed by atoms with E-state index in [1.165, 1.54) is 16.3 Å². The quantitative estimate of drug-likeness (QED) is 0.882. The number of anilines is 1. The standard InChI is InChI=1S/C18H21N3O5/c1-12(2)13-4-6-14(7-5-13)20-18(23)25-11-16-24-10-15(26-16)21-9-3-8-19-17(21)22/h3-9,12,15-16H,10-11H2,1-2H3,(H,20,23). The van der Waals surface area contributed by atoms with E-state index in [1.807, 2.05) is 24.3 Å². The number of benzene rings is 1. The summed E-state index contributed by atoms with van der Waals surface area (Å²) < 4.78 is 17.4. The van der Waals surface area contributed by atoms with E-state index in [1.54, 1.807) is 12.3 Å². The van der Waals surface area contributed by atoms with Crippen LogP contribution in [0.25, 0.3) is 0 Å². The van der Waals surface area contributed by atoms with Crippen LogP contribution in [-0.2, 0) is 14.2 Å². The van der Waals surface area contributed by atoms with Crippen molar-refractivity contribution >= 4 is 11.8 Å². The Morgan fingerprint density at radius 2 is 2.15 bits per heavy atom. The Balaban J connectivity index is 1.46. The van der Waals surface area contributed by atoms with Gasteiger partial charge >= 0.3 is 11.8 Å². The lowest BCUT2D eigenvalue weighted by atomic mass is 10.0. The maximum absolute atomic E-state index is 11.9. The second-order valence-electron chi connectivity index (χ2n) is 6.16.